The molecule has 0 saturated heterocycles. The lowest BCUT2D eigenvalue weighted by Gasteiger charge is -2.22. The van der Waals surface area contributed by atoms with Crippen molar-refractivity contribution < 1.29 is 18.9 Å². The molecule has 0 saturated carbocycles. The Bertz CT molecular complexity index is 1830. The summed E-state index contributed by atoms with van der Waals surface area (Å²) in [6.45, 7) is 5.48. The van der Waals surface area contributed by atoms with Crippen molar-refractivity contribution in [1.82, 2.24) is 4.57 Å². The first-order valence-electron chi connectivity index (χ1n) is 12.0. The molecule has 1 atom stereocenters. The normalized spacial score (nSPS) is 15.2. The molecule has 9 nitrogen and oxygen atoms in total. The fraction of sp³-hybridized carbons (Fsp3) is 0.179. The van der Waals surface area contributed by atoms with Crippen LogP contribution in [0.15, 0.2) is 80.1 Å². The molecule has 0 N–H and O–H groups in total. The first-order valence-corrected chi connectivity index (χ1v) is 13.2. The summed E-state index contributed by atoms with van der Waals surface area (Å²) in [6, 6.07) is 14.0. The summed E-state index contributed by atoms with van der Waals surface area (Å²) in [4.78, 5) is 42.6. The van der Waals surface area contributed by atoms with Crippen molar-refractivity contribution in [3.63, 3.8) is 0 Å². The number of nitro groups is 1. The zero-order valence-electron chi connectivity index (χ0n) is 21.1. The SMILES string of the molecule is CCOC(=O)C1=C(C)N=c2s/c(=C\c3ccc(C)cc3)c(=O)n2[C@@H]1c1ccc(-c2cc([N+](=O)[O-])ccc2Cl)o1. The van der Waals surface area contributed by atoms with Crippen LogP contribution in [0.4, 0.5) is 5.69 Å². The molecule has 0 amide bonds. The number of non-ortho nitro benzene ring substituents is 1. The highest BCUT2D eigenvalue weighted by Gasteiger charge is 2.35. The Labute approximate surface area is 231 Å². The molecule has 3 heterocycles. The molecule has 5 rings (SSSR count). The molecule has 1 aliphatic rings. The molecule has 4 aromatic rings. The summed E-state index contributed by atoms with van der Waals surface area (Å²) in [6.07, 6.45) is 1.78. The zero-order chi connectivity index (χ0) is 27.8. The van der Waals surface area contributed by atoms with Crippen LogP contribution in [0.1, 0.15) is 36.8 Å². The minimum atomic E-state index is -0.966. The number of aromatic nitrogens is 1. The average molecular weight is 564 g/mol. The van der Waals surface area contributed by atoms with Gasteiger partial charge in [0.25, 0.3) is 11.2 Å². The van der Waals surface area contributed by atoms with Gasteiger partial charge in [-0.15, -0.1) is 0 Å². The Balaban J connectivity index is 1.69. The van der Waals surface area contributed by atoms with Crippen LogP contribution in [-0.4, -0.2) is 22.1 Å². The molecular formula is C28H22ClN3O6S. The smallest absolute Gasteiger partial charge is 0.338 e. The number of nitro benzene ring substituents is 1. The van der Waals surface area contributed by atoms with Gasteiger partial charge >= 0.3 is 5.97 Å². The fourth-order valence-corrected chi connectivity index (χ4v) is 5.59. The van der Waals surface area contributed by atoms with Crippen LogP contribution in [0, 0.1) is 17.0 Å². The molecule has 2 aromatic heterocycles. The van der Waals surface area contributed by atoms with Gasteiger partial charge in [0.05, 0.1) is 32.4 Å². The second-order valence-corrected chi connectivity index (χ2v) is 10.3. The van der Waals surface area contributed by atoms with Gasteiger partial charge in [-0.1, -0.05) is 52.8 Å². The molecule has 0 bridgehead atoms. The van der Waals surface area contributed by atoms with E-state index in [4.69, 9.17) is 20.8 Å². The maximum absolute atomic E-state index is 13.7. The van der Waals surface area contributed by atoms with Gasteiger partial charge in [0, 0.05) is 17.7 Å². The van der Waals surface area contributed by atoms with Crippen LogP contribution in [0.2, 0.25) is 5.02 Å². The largest absolute Gasteiger partial charge is 0.463 e. The summed E-state index contributed by atoms with van der Waals surface area (Å²) in [5, 5.41) is 11.6. The van der Waals surface area contributed by atoms with Crippen molar-refractivity contribution in [3.8, 4) is 11.3 Å². The predicted molar refractivity (Wildman–Crippen MR) is 147 cm³/mol. The average Bonchev–Trinajstić information content (AvgIpc) is 3.50. The third kappa shape index (κ3) is 4.96. The Morgan fingerprint density at radius 1 is 1.21 bits per heavy atom. The van der Waals surface area contributed by atoms with Crippen molar-refractivity contribution >= 4 is 40.7 Å². The molecule has 0 spiro atoms. The number of rotatable bonds is 6. The number of nitrogens with zero attached hydrogens (tertiary/aromatic N) is 3. The minimum Gasteiger partial charge on any atom is -0.463 e. The second-order valence-electron chi connectivity index (χ2n) is 8.84. The van der Waals surface area contributed by atoms with E-state index in [2.05, 4.69) is 4.99 Å². The van der Waals surface area contributed by atoms with Crippen molar-refractivity contribution in [3.05, 3.63) is 118 Å². The van der Waals surface area contributed by atoms with E-state index in [-0.39, 0.29) is 40.0 Å². The highest BCUT2D eigenvalue weighted by Crippen LogP contribution is 2.37. The van der Waals surface area contributed by atoms with Crippen LogP contribution in [0.3, 0.4) is 0 Å². The lowest BCUT2D eigenvalue weighted by atomic mass is 10.0. The van der Waals surface area contributed by atoms with Crippen LogP contribution >= 0.6 is 22.9 Å². The van der Waals surface area contributed by atoms with Gasteiger partial charge < -0.3 is 9.15 Å². The number of ether oxygens (including phenoxy) is 1. The van der Waals surface area contributed by atoms with E-state index in [1.54, 1.807) is 32.1 Å². The summed E-state index contributed by atoms with van der Waals surface area (Å²) in [5.74, 6) is -0.117. The number of aryl methyl sites for hydroxylation is 1. The predicted octanol–water partition coefficient (Wildman–Crippen LogP) is 4.93. The number of esters is 1. The summed E-state index contributed by atoms with van der Waals surface area (Å²) in [5.41, 5.74) is 2.32. The number of benzene rings is 2. The van der Waals surface area contributed by atoms with Crippen LogP contribution in [0.25, 0.3) is 17.4 Å². The number of thiazole rings is 1. The van der Waals surface area contributed by atoms with Crippen molar-refractivity contribution in [2.24, 2.45) is 4.99 Å². The van der Waals surface area contributed by atoms with E-state index >= 15 is 0 Å². The highest BCUT2D eigenvalue weighted by atomic mass is 35.5. The Hall–Kier alpha value is -4.28. The third-order valence-corrected chi connectivity index (χ3v) is 7.53. The van der Waals surface area contributed by atoms with Crippen LogP contribution in [0.5, 0.6) is 0 Å². The molecule has 0 fully saturated rings. The lowest BCUT2D eigenvalue weighted by Crippen LogP contribution is -2.39. The fourth-order valence-electron chi connectivity index (χ4n) is 4.33. The van der Waals surface area contributed by atoms with E-state index in [1.807, 2.05) is 31.2 Å². The van der Waals surface area contributed by atoms with E-state index in [0.717, 1.165) is 11.1 Å². The molecule has 11 heteroatoms. The summed E-state index contributed by atoms with van der Waals surface area (Å²) >= 11 is 7.54. The first-order chi connectivity index (χ1) is 18.7. The standard InChI is InChI=1S/C28H22ClN3O6S/c1-4-37-27(34)24-16(3)30-28-31(26(33)23(39-28)13-17-7-5-15(2)6-8-17)25(24)22-12-11-21(38-22)19-14-18(32(35)36)9-10-20(19)29/h5-14,25H,4H2,1-3H3/b23-13-/t25-/m1/s1. The molecule has 2 aromatic carbocycles. The number of furan rings is 1. The van der Waals surface area contributed by atoms with Crippen LogP contribution in [-0.2, 0) is 9.53 Å². The van der Waals surface area contributed by atoms with E-state index in [9.17, 15) is 19.7 Å². The Morgan fingerprint density at radius 2 is 1.95 bits per heavy atom. The van der Waals surface area contributed by atoms with E-state index < -0.39 is 16.9 Å². The summed E-state index contributed by atoms with van der Waals surface area (Å²) < 4.78 is 13.3. The monoisotopic (exact) mass is 563 g/mol. The van der Waals surface area contributed by atoms with Crippen molar-refractivity contribution in [1.29, 1.82) is 0 Å². The lowest BCUT2D eigenvalue weighted by molar-refractivity contribution is -0.384. The second kappa shape index (κ2) is 10.5. The topological polar surface area (TPSA) is 117 Å². The molecule has 1 aliphatic heterocycles. The van der Waals surface area contributed by atoms with Crippen LogP contribution < -0.4 is 14.9 Å². The number of carbonyl (C=O) groups is 1. The molecular weight excluding hydrogens is 542 g/mol. The number of hydrogen-bond acceptors (Lipinski definition) is 8. The van der Waals surface area contributed by atoms with Gasteiger partial charge in [-0.3, -0.25) is 19.5 Å². The van der Waals surface area contributed by atoms with Gasteiger partial charge in [-0.2, -0.15) is 0 Å². The highest BCUT2D eigenvalue weighted by molar-refractivity contribution is 7.07. The number of allylic oxidation sites excluding steroid dienone is 1. The van der Waals surface area contributed by atoms with Gasteiger partial charge in [0.15, 0.2) is 4.80 Å². The van der Waals surface area contributed by atoms with Crippen molar-refractivity contribution in [2.45, 2.75) is 26.8 Å². The number of halogens is 1. The molecule has 198 valence electrons. The van der Waals surface area contributed by atoms with Gasteiger partial charge in [0.1, 0.15) is 17.6 Å². The maximum atomic E-state index is 13.7. The van der Waals surface area contributed by atoms with E-state index in [0.29, 0.717) is 20.6 Å². The first kappa shape index (κ1) is 26.3. The number of fused-ring (bicyclic) bond motifs is 1. The Morgan fingerprint density at radius 3 is 2.64 bits per heavy atom. The molecule has 0 aliphatic carbocycles. The molecule has 0 unspecified atom stereocenters. The maximum Gasteiger partial charge on any atom is 0.338 e. The molecule has 39 heavy (non-hydrogen) atoms. The van der Waals surface area contributed by atoms with Gasteiger partial charge in [-0.25, -0.2) is 9.79 Å². The summed E-state index contributed by atoms with van der Waals surface area (Å²) in [7, 11) is 0. The minimum absolute atomic E-state index is 0.132. The third-order valence-electron chi connectivity index (χ3n) is 6.21. The van der Waals surface area contributed by atoms with Gasteiger partial charge in [0.2, 0.25) is 0 Å². The number of carbonyl (C=O) groups excluding carboxylic acids is 1. The number of hydrogen-bond donors (Lipinski definition) is 0. The van der Waals surface area contributed by atoms with Gasteiger partial charge in [-0.05, 0) is 50.6 Å². The molecule has 0 radical (unpaired) electrons. The van der Waals surface area contributed by atoms with Crippen molar-refractivity contribution in [2.75, 3.05) is 6.61 Å². The van der Waals surface area contributed by atoms with E-state index in [1.165, 1.54) is 34.1 Å². The Kier molecular flexibility index (Phi) is 7.07. The quantitative estimate of drug-likeness (QED) is 0.186. The zero-order valence-corrected chi connectivity index (χ0v) is 22.7.